The first kappa shape index (κ1) is 16.7. The SMILES string of the molecule is COC(=O)[C@@H]1C[C@H](C(=O)O)N[C@H]1CNC(C)=O.Cl. The third kappa shape index (κ3) is 4.15. The Balaban J connectivity index is 0.00000289. The lowest BCUT2D eigenvalue weighted by Gasteiger charge is -2.17. The number of carboxylic acids is 1. The summed E-state index contributed by atoms with van der Waals surface area (Å²) < 4.78 is 4.61. The van der Waals surface area contributed by atoms with Gasteiger partial charge in [-0.1, -0.05) is 0 Å². The van der Waals surface area contributed by atoms with Crippen molar-refractivity contribution < 1.29 is 24.2 Å². The number of carboxylic acid groups (broad SMARTS) is 1. The molecule has 7 nitrogen and oxygen atoms in total. The number of rotatable bonds is 4. The maximum Gasteiger partial charge on any atom is 0.320 e. The van der Waals surface area contributed by atoms with Crippen LogP contribution in [0.5, 0.6) is 0 Å². The fourth-order valence-corrected chi connectivity index (χ4v) is 1.90. The Labute approximate surface area is 111 Å². The van der Waals surface area contributed by atoms with Crippen molar-refractivity contribution in [2.45, 2.75) is 25.4 Å². The van der Waals surface area contributed by atoms with Crippen LogP contribution in [0.4, 0.5) is 0 Å². The molecule has 0 saturated carbocycles. The normalized spacial score (nSPS) is 26.0. The third-order valence-corrected chi connectivity index (χ3v) is 2.76. The van der Waals surface area contributed by atoms with E-state index < -0.39 is 29.9 Å². The number of halogens is 1. The molecule has 1 aliphatic rings. The molecule has 1 rings (SSSR count). The molecule has 0 aliphatic carbocycles. The van der Waals surface area contributed by atoms with Crippen molar-refractivity contribution in [1.29, 1.82) is 0 Å². The molecular formula is C10H17ClN2O5. The lowest BCUT2D eigenvalue weighted by atomic mass is 9.99. The number of esters is 1. The molecule has 1 amide bonds. The number of ether oxygens (including phenoxy) is 1. The molecule has 0 spiro atoms. The summed E-state index contributed by atoms with van der Waals surface area (Å²) in [5, 5.41) is 14.2. The van der Waals surface area contributed by atoms with Gasteiger partial charge in [-0.15, -0.1) is 12.4 Å². The number of carbonyl (C=O) groups is 3. The topological polar surface area (TPSA) is 105 Å². The van der Waals surface area contributed by atoms with E-state index in [1.165, 1.54) is 14.0 Å². The highest BCUT2D eigenvalue weighted by molar-refractivity contribution is 5.85. The van der Waals surface area contributed by atoms with Gasteiger partial charge < -0.3 is 15.2 Å². The van der Waals surface area contributed by atoms with Gasteiger partial charge in [0.2, 0.25) is 5.91 Å². The maximum absolute atomic E-state index is 11.5. The Morgan fingerprint density at radius 3 is 2.50 bits per heavy atom. The summed E-state index contributed by atoms with van der Waals surface area (Å²) in [4.78, 5) is 33.1. The summed E-state index contributed by atoms with van der Waals surface area (Å²) in [6.45, 7) is 1.57. The number of amides is 1. The smallest absolute Gasteiger partial charge is 0.320 e. The van der Waals surface area contributed by atoms with Gasteiger partial charge in [-0.05, 0) is 6.42 Å². The Kier molecular flexibility index (Phi) is 6.64. The Morgan fingerprint density at radius 2 is 2.06 bits per heavy atom. The first-order valence-corrected chi connectivity index (χ1v) is 5.26. The molecule has 8 heteroatoms. The summed E-state index contributed by atoms with van der Waals surface area (Å²) in [6.07, 6.45) is 0.173. The summed E-state index contributed by atoms with van der Waals surface area (Å²) in [6, 6.07) is -1.19. The molecule has 18 heavy (non-hydrogen) atoms. The van der Waals surface area contributed by atoms with E-state index in [1.54, 1.807) is 0 Å². The van der Waals surface area contributed by atoms with E-state index in [9.17, 15) is 14.4 Å². The summed E-state index contributed by atoms with van der Waals surface area (Å²) in [7, 11) is 1.26. The lowest BCUT2D eigenvalue weighted by Crippen LogP contribution is -2.44. The van der Waals surface area contributed by atoms with Gasteiger partial charge in [-0.2, -0.15) is 0 Å². The average Bonchev–Trinajstić information content (AvgIpc) is 2.69. The molecule has 1 saturated heterocycles. The first-order chi connectivity index (χ1) is 7.95. The zero-order valence-electron chi connectivity index (χ0n) is 10.1. The average molecular weight is 281 g/mol. The molecule has 1 fully saturated rings. The minimum Gasteiger partial charge on any atom is -0.480 e. The van der Waals surface area contributed by atoms with Crippen LogP contribution < -0.4 is 10.6 Å². The van der Waals surface area contributed by atoms with Crippen molar-refractivity contribution in [3.63, 3.8) is 0 Å². The van der Waals surface area contributed by atoms with Crippen molar-refractivity contribution in [1.82, 2.24) is 10.6 Å². The monoisotopic (exact) mass is 280 g/mol. The number of hydrogen-bond acceptors (Lipinski definition) is 5. The number of nitrogens with one attached hydrogen (secondary N) is 2. The van der Waals surface area contributed by atoms with Crippen molar-refractivity contribution >= 4 is 30.3 Å². The molecular weight excluding hydrogens is 264 g/mol. The Bertz CT molecular complexity index is 336. The van der Waals surface area contributed by atoms with Gasteiger partial charge in [0.15, 0.2) is 0 Å². The zero-order valence-corrected chi connectivity index (χ0v) is 11.0. The molecule has 1 aliphatic heterocycles. The van der Waals surface area contributed by atoms with Crippen LogP contribution in [0.25, 0.3) is 0 Å². The van der Waals surface area contributed by atoms with Crippen molar-refractivity contribution in [2.24, 2.45) is 5.92 Å². The van der Waals surface area contributed by atoms with Crippen LogP contribution in [0, 0.1) is 5.92 Å². The molecule has 1 heterocycles. The van der Waals surface area contributed by atoms with Crippen LogP contribution in [0.15, 0.2) is 0 Å². The highest BCUT2D eigenvalue weighted by Crippen LogP contribution is 2.21. The molecule has 0 unspecified atom stereocenters. The lowest BCUT2D eigenvalue weighted by molar-refractivity contribution is -0.146. The van der Waals surface area contributed by atoms with Gasteiger partial charge in [0.05, 0.1) is 13.0 Å². The number of carbonyl (C=O) groups excluding carboxylic acids is 2. The van der Waals surface area contributed by atoms with Crippen LogP contribution in [-0.2, 0) is 19.1 Å². The second kappa shape index (κ2) is 7.17. The second-order valence-corrected chi connectivity index (χ2v) is 3.97. The van der Waals surface area contributed by atoms with Gasteiger partial charge in [-0.3, -0.25) is 19.7 Å². The second-order valence-electron chi connectivity index (χ2n) is 3.97. The quantitative estimate of drug-likeness (QED) is 0.579. The molecule has 0 aromatic rings. The van der Waals surface area contributed by atoms with Gasteiger partial charge in [0, 0.05) is 19.5 Å². The van der Waals surface area contributed by atoms with Crippen LogP contribution >= 0.6 is 12.4 Å². The van der Waals surface area contributed by atoms with E-state index in [-0.39, 0.29) is 31.3 Å². The van der Waals surface area contributed by atoms with Gasteiger partial charge in [0.25, 0.3) is 0 Å². The van der Waals surface area contributed by atoms with E-state index in [0.29, 0.717) is 0 Å². The fraction of sp³-hybridized carbons (Fsp3) is 0.700. The van der Waals surface area contributed by atoms with E-state index in [4.69, 9.17) is 5.11 Å². The molecule has 0 aromatic heterocycles. The summed E-state index contributed by atoms with van der Waals surface area (Å²) in [5.74, 6) is -2.25. The van der Waals surface area contributed by atoms with E-state index in [1.807, 2.05) is 0 Å². The minimum absolute atomic E-state index is 0. The van der Waals surface area contributed by atoms with Crippen LogP contribution in [0.3, 0.4) is 0 Å². The van der Waals surface area contributed by atoms with Crippen molar-refractivity contribution in [3.8, 4) is 0 Å². The summed E-state index contributed by atoms with van der Waals surface area (Å²) in [5.41, 5.74) is 0. The van der Waals surface area contributed by atoms with E-state index in [0.717, 1.165) is 0 Å². The summed E-state index contributed by atoms with van der Waals surface area (Å²) >= 11 is 0. The van der Waals surface area contributed by atoms with Crippen LogP contribution in [-0.4, -0.2) is 48.7 Å². The van der Waals surface area contributed by atoms with Crippen molar-refractivity contribution in [3.05, 3.63) is 0 Å². The predicted octanol–water partition coefficient (Wildman–Crippen LogP) is -0.851. The minimum atomic E-state index is -1.01. The number of aliphatic carboxylic acids is 1. The highest BCUT2D eigenvalue weighted by atomic mass is 35.5. The Morgan fingerprint density at radius 1 is 1.44 bits per heavy atom. The number of methoxy groups -OCH3 is 1. The Hall–Kier alpha value is -1.34. The molecule has 3 atom stereocenters. The van der Waals surface area contributed by atoms with Crippen LogP contribution in [0.2, 0.25) is 0 Å². The molecule has 0 radical (unpaired) electrons. The highest BCUT2D eigenvalue weighted by Gasteiger charge is 2.41. The van der Waals surface area contributed by atoms with Crippen molar-refractivity contribution in [2.75, 3.05) is 13.7 Å². The van der Waals surface area contributed by atoms with Gasteiger partial charge in [0.1, 0.15) is 6.04 Å². The van der Waals surface area contributed by atoms with E-state index in [2.05, 4.69) is 15.4 Å². The largest absolute Gasteiger partial charge is 0.480 e. The number of hydrogen-bond donors (Lipinski definition) is 3. The molecule has 0 aromatic carbocycles. The van der Waals surface area contributed by atoms with E-state index >= 15 is 0 Å². The molecule has 104 valence electrons. The predicted molar refractivity (Wildman–Crippen MR) is 64.4 cm³/mol. The standard InChI is InChI=1S/C10H16N2O5.ClH/c1-5(13)11-4-8-6(10(16)17-2)3-7(12-8)9(14)15;/h6-8,12H,3-4H2,1-2H3,(H,11,13)(H,14,15);1H/t6-,7-,8+;/m1./s1. The van der Waals surface area contributed by atoms with Gasteiger partial charge in [-0.25, -0.2) is 0 Å². The molecule has 0 bridgehead atoms. The first-order valence-electron chi connectivity index (χ1n) is 5.26. The molecule has 3 N–H and O–H groups in total. The fourth-order valence-electron chi connectivity index (χ4n) is 1.90. The third-order valence-electron chi connectivity index (χ3n) is 2.76. The maximum atomic E-state index is 11.5. The zero-order chi connectivity index (χ0) is 13.0. The van der Waals surface area contributed by atoms with Crippen LogP contribution in [0.1, 0.15) is 13.3 Å². The van der Waals surface area contributed by atoms with Gasteiger partial charge >= 0.3 is 11.9 Å².